The largest absolute Gasteiger partial charge is 0.455 e. The van der Waals surface area contributed by atoms with Crippen molar-refractivity contribution in [2.24, 2.45) is 0 Å². The van der Waals surface area contributed by atoms with Gasteiger partial charge in [0.2, 0.25) is 0 Å². The molecule has 0 saturated heterocycles. The molecule has 0 bridgehead atoms. The number of hydrogen-bond acceptors (Lipinski definition) is 1. The van der Waals surface area contributed by atoms with Crippen molar-refractivity contribution in [2.45, 2.75) is 19.3 Å². The molecular weight excluding hydrogens is 619 g/mol. The zero-order valence-corrected chi connectivity index (χ0v) is 28.3. The fourth-order valence-corrected chi connectivity index (χ4v) is 9.81. The third kappa shape index (κ3) is 3.33. The molecule has 8 aromatic carbocycles. The van der Waals surface area contributed by atoms with Crippen LogP contribution in [0.1, 0.15) is 25.0 Å². The topological polar surface area (TPSA) is 18.1 Å². The second kappa shape index (κ2) is 9.44. The van der Waals surface area contributed by atoms with Gasteiger partial charge in [0.1, 0.15) is 11.2 Å². The molecule has 2 heterocycles. The van der Waals surface area contributed by atoms with Crippen LogP contribution < -0.4 is 0 Å². The van der Waals surface area contributed by atoms with E-state index >= 15 is 0 Å². The highest BCUT2D eigenvalue weighted by atomic mass is 16.3. The summed E-state index contributed by atoms with van der Waals surface area (Å²) in [4.78, 5) is 0. The van der Waals surface area contributed by atoms with Crippen LogP contribution in [-0.4, -0.2) is 4.57 Å². The predicted molar refractivity (Wildman–Crippen MR) is 213 cm³/mol. The van der Waals surface area contributed by atoms with Gasteiger partial charge in [0.05, 0.1) is 16.4 Å². The summed E-state index contributed by atoms with van der Waals surface area (Å²) < 4.78 is 9.38. The lowest BCUT2D eigenvalue weighted by atomic mass is 9.80. The van der Waals surface area contributed by atoms with Gasteiger partial charge in [-0.25, -0.2) is 0 Å². The van der Waals surface area contributed by atoms with Crippen molar-refractivity contribution in [3.05, 3.63) is 163 Å². The average molecular weight is 650 g/mol. The fourth-order valence-electron chi connectivity index (χ4n) is 9.81. The highest BCUT2D eigenvalue weighted by molar-refractivity contribution is 6.30. The number of para-hydroxylation sites is 2. The summed E-state index contributed by atoms with van der Waals surface area (Å²) in [6, 6.07) is 55.8. The minimum Gasteiger partial charge on any atom is -0.455 e. The Labute approximate surface area is 294 Å². The lowest BCUT2D eigenvalue weighted by molar-refractivity contribution is 0.659. The normalized spacial score (nSPS) is 13.8. The SMILES string of the molecule is CC1(C)c2ccccc2-c2c1c1c3ccccc3oc1c1c3ccccc3n(-c3ccc(-c4ccc5c6c(cccc46)-c4ccccc4-5)cc3)c21. The van der Waals surface area contributed by atoms with Crippen molar-refractivity contribution in [1.82, 2.24) is 4.57 Å². The molecule has 0 N–H and O–H groups in total. The van der Waals surface area contributed by atoms with Crippen LogP contribution in [0, 0.1) is 0 Å². The highest BCUT2D eigenvalue weighted by Crippen LogP contribution is 2.58. The number of fused-ring (bicyclic) bond motifs is 15. The summed E-state index contributed by atoms with van der Waals surface area (Å²) >= 11 is 0. The number of benzene rings is 8. The maximum absolute atomic E-state index is 6.89. The van der Waals surface area contributed by atoms with E-state index < -0.39 is 0 Å². The van der Waals surface area contributed by atoms with Gasteiger partial charge >= 0.3 is 0 Å². The molecule has 0 atom stereocenters. The molecule has 238 valence electrons. The van der Waals surface area contributed by atoms with Crippen molar-refractivity contribution in [3.63, 3.8) is 0 Å². The van der Waals surface area contributed by atoms with Crippen LogP contribution in [0.25, 0.3) is 105 Å². The molecular formula is C49H31NO. The first-order valence-corrected chi connectivity index (χ1v) is 17.9. The molecule has 10 aromatic rings. The Balaban J connectivity index is 1.15. The number of rotatable bonds is 2. The molecule has 0 radical (unpaired) electrons. The van der Waals surface area contributed by atoms with Crippen molar-refractivity contribution in [2.75, 3.05) is 0 Å². The van der Waals surface area contributed by atoms with Crippen LogP contribution in [-0.2, 0) is 5.41 Å². The van der Waals surface area contributed by atoms with Gasteiger partial charge in [-0.1, -0.05) is 141 Å². The second-order valence-corrected chi connectivity index (χ2v) is 14.8. The van der Waals surface area contributed by atoms with Gasteiger partial charge in [0.25, 0.3) is 0 Å². The van der Waals surface area contributed by atoms with Crippen molar-refractivity contribution in [1.29, 1.82) is 0 Å². The molecule has 2 aliphatic rings. The summed E-state index contributed by atoms with van der Waals surface area (Å²) in [5.41, 5.74) is 18.4. The van der Waals surface area contributed by atoms with Crippen LogP contribution in [0.4, 0.5) is 0 Å². The van der Waals surface area contributed by atoms with E-state index in [0.29, 0.717) is 0 Å². The molecule has 2 nitrogen and oxygen atoms in total. The third-order valence-corrected chi connectivity index (χ3v) is 11.9. The van der Waals surface area contributed by atoms with E-state index in [4.69, 9.17) is 4.42 Å². The Morgan fingerprint density at radius 2 is 1.10 bits per heavy atom. The summed E-state index contributed by atoms with van der Waals surface area (Å²) in [5, 5.41) is 7.46. The smallest absolute Gasteiger partial charge is 0.145 e. The summed E-state index contributed by atoms with van der Waals surface area (Å²) in [7, 11) is 0. The van der Waals surface area contributed by atoms with Crippen LogP contribution in [0.3, 0.4) is 0 Å². The molecule has 0 fully saturated rings. The number of aromatic nitrogens is 1. The lowest BCUT2D eigenvalue weighted by Crippen LogP contribution is -2.15. The average Bonchev–Trinajstić information content (AvgIpc) is 3.89. The summed E-state index contributed by atoms with van der Waals surface area (Å²) in [6.45, 7) is 4.76. The minimum absolute atomic E-state index is 0.203. The molecule has 51 heavy (non-hydrogen) atoms. The van der Waals surface area contributed by atoms with Crippen LogP contribution in [0.2, 0.25) is 0 Å². The lowest BCUT2D eigenvalue weighted by Gasteiger charge is -2.22. The van der Waals surface area contributed by atoms with E-state index in [1.807, 2.05) is 0 Å². The van der Waals surface area contributed by atoms with E-state index in [1.165, 1.54) is 99.0 Å². The fraction of sp³-hybridized carbons (Fsp3) is 0.0612. The monoisotopic (exact) mass is 649 g/mol. The van der Waals surface area contributed by atoms with E-state index in [2.05, 4.69) is 170 Å². The minimum atomic E-state index is -0.203. The van der Waals surface area contributed by atoms with Gasteiger partial charge in [0.15, 0.2) is 0 Å². The second-order valence-electron chi connectivity index (χ2n) is 14.8. The van der Waals surface area contributed by atoms with Crippen LogP contribution in [0.5, 0.6) is 0 Å². The Morgan fingerprint density at radius 3 is 1.92 bits per heavy atom. The third-order valence-electron chi connectivity index (χ3n) is 11.9. The van der Waals surface area contributed by atoms with E-state index in [0.717, 1.165) is 16.9 Å². The van der Waals surface area contributed by atoms with E-state index in [9.17, 15) is 0 Å². The molecule has 0 unspecified atom stereocenters. The maximum atomic E-state index is 6.89. The number of furan rings is 1. The van der Waals surface area contributed by atoms with Gasteiger partial charge in [0, 0.05) is 32.8 Å². The zero-order valence-electron chi connectivity index (χ0n) is 28.3. The van der Waals surface area contributed by atoms with Gasteiger partial charge in [-0.05, 0) is 85.1 Å². The Kier molecular flexibility index (Phi) is 5.08. The van der Waals surface area contributed by atoms with E-state index in [1.54, 1.807) is 0 Å². The Morgan fingerprint density at radius 1 is 0.471 bits per heavy atom. The molecule has 0 spiro atoms. The molecule has 2 aromatic heterocycles. The first-order chi connectivity index (χ1) is 25.1. The predicted octanol–water partition coefficient (Wildman–Crippen LogP) is 13.5. The summed E-state index contributed by atoms with van der Waals surface area (Å²) in [6.07, 6.45) is 0. The molecule has 0 amide bonds. The van der Waals surface area contributed by atoms with Crippen LogP contribution >= 0.6 is 0 Å². The van der Waals surface area contributed by atoms with Gasteiger partial charge in [-0.3, -0.25) is 0 Å². The molecule has 2 heteroatoms. The number of nitrogens with zero attached hydrogens (tertiary/aromatic N) is 1. The standard InChI is InChI=1S/C49H31NO/c1-49(2)39-19-8-5-14-36(39)43-46(49)44-38-16-7-10-21-41(38)51-48(44)45-37-15-6-9-20-40(37)50(47(43)45)29-24-22-28(23-25-29)30-26-27-35-32-13-4-3-12-31(32)34-18-11-17-33(30)42(34)35/h3-27H,1-2H3. The van der Waals surface area contributed by atoms with Gasteiger partial charge in [-0.15, -0.1) is 0 Å². The van der Waals surface area contributed by atoms with Gasteiger partial charge in [-0.2, -0.15) is 0 Å². The Bertz CT molecular complexity index is 3120. The molecule has 0 saturated carbocycles. The van der Waals surface area contributed by atoms with Crippen molar-refractivity contribution in [3.8, 4) is 50.2 Å². The van der Waals surface area contributed by atoms with Crippen molar-refractivity contribution < 1.29 is 4.42 Å². The first kappa shape index (κ1) is 27.4. The van der Waals surface area contributed by atoms with Crippen LogP contribution in [0.15, 0.2) is 156 Å². The quantitative estimate of drug-likeness (QED) is 0.182. The Hall–Kier alpha value is -6.38. The maximum Gasteiger partial charge on any atom is 0.145 e. The summed E-state index contributed by atoms with van der Waals surface area (Å²) in [5.74, 6) is 0. The number of hydrogen-bond donors (Lipinski definition) is 0. The van der Waals surface area contributed by atoms with Gasteiger partial charge < -0.3 is 8.98 Å². The molecule has 0 aliphatic heterocycles. The first-order valence-electron chi connectivity index (χ1n) is 17.9. The van der Waals surface area contributed by atoms with Crippen molar-refractivity contribution >= 4 is 54.5 Å². The molecule has 2 aliphatic carbocycles. The van der Waals surface area contributed by atoms with E-state index in [-0.39, 0.29) is 5.41 Å². The molecule has 12 rings (SSSR count). The zero-order chi connectivity index (χ0) is 33.6. The highest BCUT2D eigenvalue weighted by Gasteiger charge is 2.41.